The van der Waals surface area contributed by atoms with E-state index in [4.69, 9.17) is 0 Å². The molecule has 4 nitrogen and oxygen atoms in total. The van der Waals surface area contributed by atoms with Crippen molar-refractivity contribution in [2.24, 2.45) is 11.8 Å². The lowest BCUT2D eigenvalue weighted by Crippen LogP contribution is -2.42. The molecule has 2 rings (SSSR count). The predicted molar refractivity (Wildman–Crippen MR) is 71.5 cm³/mol. The van der Waals surface area contributed by atoms with Gasteiger partial charge in [0.1, 0.15) is 0 Å². The Morgan fingerprint density at radius 3 is 2.61 bits per heavy atom. The fraction of sp³-hybridized carbons (Fsp3) is 0.714. The highest BCUT2D eigenvalue weighted by atomic mass is 16.1. The van der Waals surface area contributed by atoms with E-state index in [9.17, 15) is 4.79 Å². The third-order valence-corrected chi connectivity index (χ3v) is 4.10. The molecule has 0 spiro atoms. The van der Waals surface area contributed by atoms with Gasteiger partial charge in [0, 0.05) is 11.7 Å². The van der Waals surface area contributed by atoms with Gasteiger partial charge in [0.2, 0.25) is 0 Å². The van der Waals surface area contributed by atoms with E-state index in [0.29, 0.717) is 17.5 Å². The quantitative estimate of drug-likeness (QED) is 0.846. The standard InChI is InChI=1S/C14H23N3O/c1-8-5-6-12(9(2)7-8)15-14(18)13-10(3)16-17-11(13)4/h8-9,12H,5-7H2,1-4H3,(H,15,18)(H,16,17). The maximum Gasteiger partial charge on any atom is 0.255 e. The maximum atomic E-state index is 12.3. The minimum Gasteiger partial charge on any atom is -0.349 e. The van der Waals surface area contributed by atoms with Crippen LogP contribution >= 0.6 is 0 Å². The molecule has 1 fully saturated rings. The Bertz CT molecular complexity index is 419. The molecule has 1 amide bonds. The normalized spacial score (nSPS) is 28.1. The molecule has 1 aliphatic carbocycles. The summed E-state index contributed by atoms with van der Waals surface area (Å²) >= 11 is 0. The molecular formula is C14H23N3O. The van der Waals surface area contributed by atoms with Crippen LogP contribution in [0.1, 0.15) is 54.9 Å². The summed E-state index contributed by atoms with van der Waals surface area (Å²) in [6, 6.07) is 0.308. The second kappa shape index (κ2) is 5.12. The number of aryl methyl sites for hydroxylation is 2. The number of aromatic amines is 1. The SMILES string of the molecule is Cc1n[nH]c(C)c1C(=O)NC1CCC(C)CC1C. The number of hydrogen-bond acceptors (Lipinski definition) is 2. The van der Waals surface area contributed by atoms with Crippen molar-refractivity contribution < 1.29 is 4.79 Å². The molecule has 1 aromatic heterocycles. The molecule has 0 radical (unpaired) electrons. The first-order valence-corrected chi connectivity index (χ1v) is 6.81. The minimum absolute atomic E-state index is 0.0187. The Morgan fingerprint density at radius 1 is 1.33 bits per heavy atom. The predicted octanol–water partition coefficient (Wildman–Crippen LogP) is 2.58. The number of carbonyl (C=O) groups is 1. The summed E-state index contributed by atoms with van der Waals surface area (Å²) in [5.41, 5.74) is 2.34. The number of carbonyl (C=O) groups excluding carboxylic acids is 1. The number of nitrogens with one attached hydrogen (secondary N) is 2. The lowest BCUT2D eigenvalue weighted by Gasteiger charge is -2.33. The second-order valence-electron chi connectivity index (χ2n) is 5.78. The van der Waals surface area contributed by atoms with Gasteiger partial charge in [-0.25, -0.2) is 0 Å². The van der Waals surface area contributed by atoms with E-state index in [1.165, 1.54) is 12.8 Å². The molecule has 1 aromatic rings. The molecule has 1 aliphatic rings. The summed E-state index contributed by atoms with van der Waals surface area (Å²) in [4.78, 5) is 12.3. The molecule has 4 heteroatoms. The van der Waals surface area contributed by atoms with Crippen molar-refractivity contribution in [2.75, 3.05) is 0 Å². The Balaban J connectivity index is 2.04. The molecule has 1 saturated carbocycles. The van der Waals surface area contributed by atoms with E-state index in [1.807, 2.05) is 13.8 Å². The van der Waals surface area contributed by atoms with Crippen LogP contribution in [0.25, 0.3) is 0 Å². The van der Waals surface area contributed by atoms with E-state index < -0.39 is 0 Å². The van der Waals surface area contributed by atoms with Gasteiger partial charge in [0.25, 0.3) is 5.91 Å². The summed E-state index contributed by atoms with van der Waals surface area (Å²) in [7, 11) is 0. The molecule has 2 N–H and O–H groups in total. The van der Waals surface area contributed by atoms with Gasteiger partial charge in [-0.15, -0.1) is 0 Å². The van der Waals surface area contributed by atoms with Crippen LogP contribution in [-0.2, 0) is 0 Å². The number of rotatable bonds is 2. The van der Waals surface area contributed by atoms with E-state index in [0.717, 1.165) is 23.7 Å². The lowest BCUT2D eigenvalue weighted by atomic mass is 9.80. The van der Waals surface area contributed by atoms with Gasteiger partial charge in [-0.1, -0.05) is 13.8 Å². The largest absolute Gasteiger partial charge is 0.349 e. The molecule has 3 atom stereocenters. The molecule has 18 heavy (non-hydrogen) atoms. The number of H-pyrrole nitrogens is 1. The van der Waals surface area contributed by atoms with Crippen LogP contribution in [0.3, 0.4) is 0 Å². The summed E-state index contributed by atoms with van der Waals surface area (Å²) in [5.74, 6) is 1.36. The third kappa shape index (κ3) is 2.57. The molecule has 0 aromatic carbocycles. The molecular weight excluding hydrogens is 226 g/mol. The average molecular weight is 249 g/mol. The Kier molecular flexibility index (Phi) is 3.73. The van der Waals surface area contributed by atoms with Crippen LogP contribution in [0.15, 0.2) is 0 Å². The zero-order valence-electron chi connectivity index (χ0n) is 11.7. The number of nitrogens with zero attached hydrogens (tertiary/aromatic N) is 1. The van der Waals surface area contributed by atoms with Crippen LogP contribution in [0.5, 0.6) is 0 Å². The van der Waals surface area contributed by atoms with Gasteiger partial charge < -0.3 is 5.32 Å². The van der Waals surface area contributed by atoms with Crippen molar-refractivity contribution in [1.82, 2.24) is 15.5 Å². The van der Waals surface area contributed by atoms with E-state index in [2.05, 4.69) is 29.4 Å². The highest BCUT2D eigenvalue weighted by Gasteiger charge is 2.27. The van der Waals surface area contributed by atoms with Crippen LogP contribution in [0.2, 0.25) is 0 Å². The van der Waals surface area contributed by atoms with E-state index >= 15 is 0 Å². The molecule has 3 unspecified atom stereocenters. The van der Waals surface area contributed by atoms with Gasteiger partial charge in [-0.3, -0.25) is 9.89 Å². The maximum absolute atomic E-state index is 12.3. The van der Waals surface area contributed by atoms with Crippen molar-refractivity contribution in [3.8, 4) is 0 Å². The first-order valence-electron chi connectivity index (χ1n) is 6.81. The molecule has 0 bridgehead atoms. The minimum atomic E-state index is 0.0187. The van der Waals surface area contributed by atoms with Crippen molar-refractivity contribution in [2.45, 2.75) is 53.0 Å². The topological polar surface area (TPSA) is 57.8 Å². The van der Waals surface area contributed by atoms with Gasteiger partial charge in [-0.2, -0.15) is 5.10 Å². The van der Waals surface area contributed by atoms with Crippen LogP contribution in [0, 0.1) is 25.7 Å². The molecule has 1 heterocycles. The fourth-order valence-electron chi connectivity index (χ4n) is 3.01. The zero-order valence-corrected chi connectivity index (χ0v) is 11.7. The highest BCUT2D eigenvalue weighted by Crippen LogP contribution is 2.28. The summed E-state index contributed by atoms with van der Waals surface area (Å²) < 4.78 is 0. The van der Waals surface area contributed by atoms with Gasteiger partial charge in [0.15, 0.2) is 0 Å². The monoisotopic (exact) mass is 249 g/mol. The Morgan fingerprint density at radius 2 is 2.06 bits per heavy atom. The molecule has 0 saturated heterocycles. The second-order valence-corrected chi connectivity index (χ2v) is 5.78. The first-order chi connectivity index (χ1) is 8.49. The van der Waals surface area contributed by atoms with Crippen molar-refractivity contribution in [3.05, 3.63) is 17.0 Å². The van der Waals surface area contributed by atoms with Crippen LogP contribution in [-0.4, -0.2) is 22.1 Å². The lowest BCUT2D eigenvalue weighted by molar-refractivity contribution is 0.0898. The third-order valence-electron chi connectivity index (χ3n) is 4.10. The van der Waals surface area contributed by atoms with Crippen LogP contribution in [0.4, 0.5) is 0 Å². The zero-order chi connectivity index (χ0) is 13.3. The molecule has 0 aliphatic heterocycles. The van der Waals surface area contributed by atoms with Gasteiger partial charge >= 0.3 is 0 Å². The summed E-state index contributed by atoms with van der Waals surface area (Å²) in [6.45, 7) is 8.28. The first kappa shape index (κ1) is 13.1. The van der Waals surface area contributed by atoms with Crippen LogP contribution < -0.4 is 5.32 Å². The van der Waals surface area contributed by atoms with E-state index in [1.54, 1.807) is 0 Å². The van der Waals surface area contributed by atoms with Crippen molar-refractivity contribution in [1.29, 1.82) is 0 Å². The Labute approximate surface area is 109 Å². The van der Waals surface area contributed by atoms with Gasteiger partial charge in [0.05, 0.1) is 11.3 Å². The van der Waals surface area contributed by atoms with Crippen molar-refractivity contribution in [3.63, 3.8) is 0 Å². The van der Waals surface area contributed by atoms with E-state index in [-0.39, 0.29) is 5.91 Å². The summed E-state index contributed by atoms with van der Waals surface area (Å²) in [6.07, 6.45) is 3.50. The highest BCUT2D eigenvalue weighted by molar-refractivity contribution is 5.96. The molecule has 100 valence electrons. The van der Waals surface area contributed by atoms with Gasteiger partial charge in [-0.05, 0) is 44.9 Å². The Hall–Kier alpha value is -1.32. The number of hydrogen-bond donors (Lipinski definition) is 2. The number of aromatic nitrogens is 2. The summed E-state index contributed by atoms with van der Waals surface area (Å²) in [5, 5.41) is 10.1. The fourth-order valence-corrected chi connectivity index (χ4v) is 3.01. The average Bonchev–Trinajstić information content (AvgIpc) is 2.62. The smallest absolute Gasteiger partial charge is 0.255 e. The number of amides is 1. The van der Waals surface area contributed by atoms with Crippen molar-refractivity contribution >= 4 is 5.91 Å².